The Labute approximate surface area is 171 Å². The Kier molecular flexibility index (Phi) is 4.22. The summed E-state index contributed by atoms with van der Waals surface area (Å²) in [7, 11) is -4.48. The first-order valence-electron chi connectivity index (χ1n) is 9.43. The maximum absolute atomic E-state index is 13.3. The van der Waals surface area contributed by atoms with Crippen LogP contribution in [-0.2, 0) is 14.8 Å². The second-order valence-corrected chi connectivity index (χ2v) is 7.93. The predicted molar refractivity (Wildman–Crippen MR) is 99.5 cm³/mol. The van der Waals surface area contributed by atoms with Crippen molar-refractivity contribution in [3.05, 3.63) is 51.9 Å². The van der Waals surface area contributed by atoms with Crippen LogP contribution in [-0.4, -0.2) is 38.3 Å². The fourth-order valence-electron chi connectivity index (χ4n) is 2.30. The summed E-state index contributed by atoms with van der Waals surface area (Å²) in [5, 5.41) is 10.9. The molecule has 0 radical (unpaired) electrons. The summed E-state index contributed by atoms with van der Waals surface area (Å²) in [6, 6.07) is 1.69. The standard InChI is InChI=1S/C17H13Cl2N3O4S/c18-12-6-13(19)8-14(7-12)26-15-2-1-11(9-20)5-16(15)27(24,25)22-4-3-21-17(23)10-22/h1-2,5-8H,3-4,10H2,(H,21,23)/i5D,6D,7D,8D. The van der Waals surface area contributed by atoms with Crippen LogP contribution >= 0.6 is 23.2 Å². The molecule has 1 amide bonds. The molecule has 0 spiro atoms. The van der Waals surface area contributed by atoms with Crippen LogP contribution < -0.4 is 10.1 Å². The van der Waals surface area contributed by atoms with Gasteiger partial charge in [-0.05, 0) is 36.3 Å². The first-order valence-corrected chi connectivity index (χ1v) is 9.63. The minimum absolute atomic E-state index is 0.0590. The lowest BCUT2D eigenvalue weighted by Gasteiger charge is -2.26. The van der Waals surface area contributed by atoms with Crippen LogP contribution in [0.25, 0.3) is 0 Å². The molecule has 1 aliphatic rings. The zero-order valence-electron chi connectivity index (χ0n) is 17.5. The van der Waals surface area contributed by atoms with Gasteiger partial charge >= 0.3 is 0 Å². The monoisotopic (exact) mass is 429 g/mol. The summed E-state index contributed by atoms with van der Waals surface area (Å²) in [4.78, 5) is 11.0. The molecule has 1 aliphatic heterocycles. The molecule has 0 aliphatic carbocycles. The molecule has 0 aromatic heterocycles. The molecule has 0 bridgehead atoms. The van der Waals surface area contributed by atoms with Crippen molar-refractivity contribution < 1.29 is 23.4 Å². The fourth-order valence-corrected chi connectivity index (χ4v) is 4.19. The molecule has 2 aromatic rings. The Balaban J connectivity index is 2.22. The second kappa shape index (κ2) is 7.74. The van der Waals surface area contributed by atoms with Gasteiger partial charge in [0.1, 0.15) is 16.4 Å². The van der Waals surface area contributed by atoms with Gasteiger partial charge in [0.25, 0.3) is 0 Å². The number of hydrogen-bond acceptors (Lipinski definition) is 5. The van der Waals surface area contributed by atoms with Crippen molar-refractivity contribution in [1.82, 2.24) is 9.62 Å². The summed E-state index contributed by atoms with van der Waals surface area (Å²) in [6.07, 6.45) is 0. The van der Waals surface area contributed by atoms with E-state index in [2.05, 4.69) is 5.32 Å². The van der Waals surface area contributed by atoms with E-state index in [9.17, 15) is 18.5 Å². The average molecular weight is 430 g/mol. The molecule has 1 heterocycles. The molecule has 0 saturated carbocycles. The van der Waals surface area contributed by atoms with E-state index in [1.807, 2.05) is 0 Å². The van der Waals surface area contributed by atoms with Gasteiger partial charge in [0.15, 0.2) is 0 Å². The Bertz CT molecular complexity index is 1220. The third-order valence-electron chi connectivity index (χ3n) is 3.47. The highest BCUT2D eigenvalue weighted by Gasteiger charge is 2.32. The van der Waals surface area contributed by atoms with E-state index in [4.69, 9.17) is 33.4 Å². The summed E-state index contributed by atoms with van der Waals surface area (Å²) < 4.78 is 64.9. The highest BCUT2D eigenvalue weighted by atomic mass is 35.5. The lowest BCUT2D eigenvalue weighted by Crippen LogP contribution is -2.49. The zero-order chi connectivity index (χ0) is 23.1. The van der Waals surface area contributed by atoms with Crippen molar-refractivity contribution in [3.63, 3.8) is 0 Å². The summed E-state index contributed by atoms with van der Waals surface area (Å²) in [6.45, 7) is -0.498. The number of ether oxygens (including phenoxy) is 1. The topological polar surface area (TPSA) is 99.5 Å². The summed E-state index contributed by atoms with van der Waals surface area (Å²) >= 11 is 11.8. The molecule has 2 aromatic carbocycles. The Hall–Kier alpha value is -2.31. The van der Waals surface area contributed by atoms with E-state index < -0.39 is 73.1 Å². The van der Waals surface area contributed by atoms with Crippen LogP contribution in [0.5, 0.6) is 11.5 Å². The Morgan fingerprint density at radius 2 is 1.93 bits per heavy atom. The molecule has 1 N–H and O–H groups in total. The molecule has 10 heteroatoms. The predicted octanol–water partition coefficient (Wildman–Crippen LogP) is 2.78. The molecule has 0 unspecified atom stereocenters. The lowest BCUT2D eigenvalue weighted by atomic mass is 10.2. The molecule has 1 saturated heterocycles. The van der Waals surface area contributed by atoms with Gasteiger partial charge in [-0.2, -0.15) is 9.57 Å². The number of carbonyl (C=O) groups excluding carboxylic acids is 1. The summed E-state index contributed by atoms with van der Waals surface area (Å²) in [5.41, 5.74) is -0.262. The number of rotatable bonds is 4. The van der Waals surface area contributed by atoms with Gasteiger partial charge in [0.05, 0.1) is 23.7 Å². The highest BCUT2D eigenvalue weighted by molar-refractivity contribution is 7.89. The van der Waals surface area contributed by atoms with E-state index >= 15 is 0 Å². The maximum Gasteiger partial charge on any atom is 0.247 e. The van der Waals surface area contributed by atoms with E-state index in [0.717, 1.165) is 16.4 Å². The van der Waals surface area contributed by atoms with Crippen LogP contribution in [0.1, 0.15) is 11.0 Å². The minimum atomic E-state index is -4.48. The van der Waals surface area contributed by atoms with E-state index in [-0.39, 0.29) is 18.7 Å². The second-order valence-electron chi connectivity index (χ2n) is 5.30. The number of halogens is 2. The molecule has 140 valence electrons. The number of sulfonamides is 1. The lowest BCUT2D eigenvalue weighted by molar-refractivity contribution is -0.122. The number of nitrogens with one attached hydrogen (secondary N) is 1. The van der Waals surface area contributed by atoms with Crippen LogP contribution in [0.2, 0.25) is 10.0 Å². The number of hydrogen-bond donors (Lipinski definition) is 1. The molecule has 0 atom stereocenters. The highest BCUT2D eigenvalue weighted by Crippen LogP contribution is 2.34. The number of amides is 1. The van der Waals surface area contributed by atoms with Crippen molar-refractivity contribution in [2.24, 2.45) is 0 Å². The molecule has 1 fully saturated rings. The molecule has 3 rings (SSSR count). The fraction of sp³-hybridized carbons (Fsp3) is 0.176. The normalized spacial score (nSPS) is 17.1. The van der Waals surface area contributed by atoms with E-state index in [1.165, 1.54) is 0 Å². The van der Waals surface area contributed by atoms with Gasteiger partial charge in [-0.3, -0.25) is 4.79 Å². The van der Waals surface area contributed by atoms with Gasteiger partial charge in [-0.25, -0.2) is 8.42 Å². The van der Waals surface area contributed by atoms with Crippen molar-refractivity contribution in [2.45, 2.75) is 4.90 Å². The van der Waals surface area contributed by atoms with Crippen molar-refractivity contribution >= 4 is 39.1 Å². The number of carbonyl (C=O) groups is 1. The average Bonchev–Trinajstić information content (AvgIpc) is 2.74. The van der Waals surface area contributed by atoms with Gasteiger partial charge in [-0.15, -0.1) is 0 Å². The zero-order valence-corrected chi connectivity index (χ0v) is 15.8. The van der Waals surface area contributed by atoms with Crippen LogP contribution in [0.15, 0.2) is 41.2 Å². The van der Waals surface area contributed by atoms with Crippen LogP contribution in [0.3, 0.4) is 0 Å². The molecule has 27 heavy (non-hydrogen) atoms. The molecular weight excluding hydrogens is 413 g/mol. The number of nitriles is 1. The van der Waals surface area contributed by atoms with Gasteiger partial charge < -0.3 is 10.1 Å². The van der Waals surface area contributed by atoms with Gasteiger partial charge in [0, 0.05) is 23.1 Å². The first-order chi connectivity index (χ1) is 14.5. The SMILES string of the molecule is [2H]c1c(Cl)c([2H])c(Oc2ccc(C#N)c([2H])c2S(=O)(=O)N2CCNC(=O)C2)c([2H])c1Cl. The smallest absolute Gasteiger partial charge is 0.247 e. The molecule has 7 nitrogen and oxygen atoms in total. The number of piperazine rings is 1. The Morgan fingerprint density at radius 3 is 2.56 bits per heavy atom. The minimum Gasteiger partial charge on any atom is -0.456 e. The van der Waals surface area contributed by atoms with E-state index in [1.54, 1.807) is 6.07 Å². The van der Waals surface area contributed by atoms with Crippen molar-refractivity contribution in [3.8, 4) is 17.6 Å². The van der Waals surface area contributed by atoms with Crippen molar-refractivity contribution in [1.29, 1.82) is 5.26 Å². The summed E-state index contributed by atoms with van der Waals surface area (Å²) in [5.74, 6) is -1.52. The van der Waals surface area contributed by atoms with Crippen LogP contribution in [0.4, 0.5) is 0 Å². The van der Waals surface area contributed by atoms with Gasteiger partial charge in [0.2, 0.25) is 15.9 Å². The first kappa shape index (κ1) is 14.7. The largest absolute Gasteiger partial charge is 0.456 e. The maximum atomic E-state index is 13.3. The third kappa shape index (κ3) is 4.34. The van der Waals surface area contributed by atoms with E-state index in [0.29, 0.717) is 0 Å². The molecular formula is C17H13Cl2N3O4S. The quantitative estimate of drug-likeness (QED) is 0.804. The van der Waals surface area contributed by atoms with Gasteiger partial charge in [-0.1, -0.05) is 23.2 Å². The Morgan fingerprint density at radius 1 is 1.22 bits per heavy atom. The number of nitrogens with zero attached hydrogens (tertiary/aromatic N) is 2. The number of benzene rings is 2. The van der Waals surface area contributed by atoms with Crippen LogP contribution in [0, 0.1) is 11.3 Å². The van der Waals surface area contributed by atoms with Crippen molar-refractivity contribution in [2.75, 3.05) is 19.6 Å². The third-order valence-corrected chi connectivity index (χ3v) is 5.66.